The van der Waals surface area contributed by atoms with Gasteiger partial charge in [0.25, 0.3) is 0 Å². The lowest BCUT2D eigenvalue weighted by Crippen LogP contribution is -2.55. The van der Waals surface area contributed by atoms with Gasteiger partial charge in [0.1, 0.15) is 23.5 Å². The first-order chi connectivity index (χ1) is 8.62. The van der Waals surface area contributed by atoms with Crippen LogP contribution < -0.4 is 4.74 Å². The highest BCUT2D eigenvalue weighted by Crippen LogP contribution is 2.52. The highest BCUT2D eigenvalue weighted by molar-refractivity contribution is 6.32. The largest absolute Gasteiger partial charge is 0.487 e. The first-order valence-electron chi connectivity index (χ1n) is 6.27. The first kappa shape index (κ1) is 12.0. The molecule has 0 aromatic heterocycles. The van der Waals surface area contributed by atoms with Gasteiger partial charge in [-0.1, -0.05) is 24.4 Å². The molecule has 1 atom stereocenters. The predicted molar refractivity (Wildman–Crippen MR) is 66.4 cm³/mol. The SMILES string of the molecule is O=C1CC(Oc2ccc(F)cc2Cl)C12CCCC2. The van der Waals surface area contributed by atoms with Gasteiger partial charge in [-0.3, -0.25) is 4.79 Å². The third-order valence-electron chi connectivity index (χ3n) is 4.20. The van der Waals surface area contributed by atoms with E-state index in [4.69, 9.17) is 16.3 Å². The standard InChI is InChI=1S/C14H14ClFO2/c15-10-7-9(16)3-4-11(10)18-13-8-12(17)14(13)5-1-2-6-14/h3-4,7,13H,1-2,5-6,8H2. The Labute approximate surface area is 110 Å². The number of carbonyl (C=O) groups is 1. The molecule has 0 radical (unpaired) electrons. The Kier molecular flexibility index (Phi) is 2.81. The number of benzene rings is 1. The molecule has 1 spiro atoms. The Morgan fingerprint density at radius 3 is 2.67 bits per heavy atom. The van der Waals surface area contributed by atoms with Gasteiger partial charge in [0, 0.05) is 6.42 Å². The van der Waals surface area contributed by atoms with E-state index in [9.17, 15) is 9.18 Å². The molecule has 1 aromatic carbocycles. The van der Waals surface area contributed by atoms with Crippen LogP contribution in [-0.4, -0.2) is 11.9 Å². The fourth-order valence-corrected chi connectivity index (χ4v) is 3.31. The smallest absolute Gasteiger partial charge is 0.146 e. The molecule has 0 amide bonds. The maximum atomic E-state index is 12.9. The van der Waals surface area contributed by atoms with Crippen molar-refractivity contribution in [1.29, 1.82) is 0 Å². The summed E-state index contributed by atoms with van der Waals surface area (Å²) in [5, 5.41) is 0.266. The molecule has 2 fully saturated rings. The molecule has 96 valence electrons. The van der Waals surface area contributed by atoms with E-state index in [1.54, 1.807) is 0 Å². The summed E-state index contributed by atoms with van der Waals surface area (Å²) in [7, 11) is 0. The molecule has 0 saturated heterocycles. The number of hydrogen-bond donors (Lipinski definition) is 0. The molecule has 2 aliphatic carbocycles. The molecule has 2 aliphatic rings. The van der Waals surface area contributed by atoms with Gasteiger partial charge in [0.05, 0.1) is 10.4 Å². The van der Waals surface area contributed by atoms with Crippen molar-refractivity contribution in [3.63, 3.8) is 0 Å². The lowest BCUT2D eigenvalue weighted by molar-refractivity contribution is -0.151. The Hall–Kier alpha value is -1.09. The van der Waals surface area contributed by atoms with E-state index in [-0.39, 0.29) is 22.4 Å². The topological polar surface area (TPSA) is 26.3 Å². The minimum absolute atomic E-state index is 0.0875. The van der Waals surface area contributed by atoms with Crippen molar-refractivity contribution in [3.8, 4) is 5.75 Å². The van der Waals surface area contributed by atoms with Crippen molar-refractivity contribution in [2.75, 3.05) is 0 Å². The lowest BCUT2D eigenvalue weighted by atomic mass is 9.63. The van der Waals surface area contributed by atoms with Crippen molar-refractivity contribution >= 4 is 17.4 Å². The van der Waals surface area contributed by atoms with Crippen LogP contribution >= 0.6 is 11.6 Å². The quantitative estimate of drug-likeness (QED) is 0.816. The molecule has 3 rings (SSSR count). The summed E-state index contributed by atoms with van der Waals surface area (Å²) in [6, 6.07) is 4.09. The third-order valence-corrected chi connectivity index (χ3v) is 4.50. The summed E-state index contributed by atoms with van der Waals surface area (Å²) in [5.74, 6) is 0.401. The number of ketones is 1. The molecule has 2 nitrogen and oxygen atoms in total. The van der Waals surface area contributed by atoms with Crippen LogP contribution in [0.15, 0.2) is 18.2 Å². The average molecular weight is 269 g/mol. The molecule has 18 heavy (non-hydrogen) atoms. The van der Waals surface area contributed by atoms with Crippen LogP contribution in [0.4, 0.5) is 4.39 Å². The normalized spacial score (nSPS) is 25.2. The molecule has 0 N–H and O–H groups in total. The van der Waals surface area contributed by atoms with Gasteiger partial charge in [0.15, 0.2) is 0 Å². The Morgan fingerprint density at radius 2 is 2.06 bits per heavy atom. The molecule has 1 unspecified atom stereocenters. The van der Waals surface area contributed by atoms with Crippen molar-refractivity contribution in [2.24, 2.45) is 5.41 Å². The number of Topliss-reactive ketones (excluding diaryl/α,β-unsaturated/α-hetero) is 1. The minimum atomic E-state index is -0.382. The van der Waals surface area contributed by atoms with E-state index >= 15 is 0 Å². The van der Waals surface area contributed by atoms with E-state index < -0.39 is 0 Å². The van der Waals surface area contributed by atoms with E-state index in [1.165, 1.54) is 18.2 Å². The van der Waals surface area contributed by atoms with E-state index in [2.05, 4.69) is 0 Å². The Morgan fingerprint density at radius 1 is 1.33 bits per heavy atom. The number of halogens is 2. The zero-order chi connectivity index (χ0) is 12.8. The lowest BCUT2D eigenvalue weighted by Gasteiger charge is -2.44. The van der Waals surface area contributed by atoms with Crippen LogP contribution in [0.25, 0.3) is 0 Å². The van der Waals surface area contributed by atoms with Crippen LogP contribution in [0.2, 0.25) is 5.02 Å². The first-order valence-corrected chi connectivity index (χ1v) is 6.65. The molecule has 4 heteroatoms. The van der Waals surface area contributed by atoms with Gasteiger partial charge in [-0.2, -0.15) is 0 Å². The van der Waals surface area contributed by atoms with E-state index in [0.29, 0.717) is 18.0 Å². The number of carbonyl (C=O) groups excluding carboxylic acids is 1. The van der Waals surface area contributed by atoms with Crippen LogP contribution in [0.1, 0.15) is 32.1 Å². The zero-order valence-electron chi connectivity index (χ0n) is 9.92. The molecule has 0 heterocycles. The van der Waals surface area contributed by atoms with Crippen LogP contribution in [0.3, 0.4) is 0 Å². The van der Waals surface area contributed by atoms with Crippen LogP contribution in [0.5, 0.6) is 5.75 Å². The summed E-state index contributed by atoms with van der Waals surface area (Å²) in [6.07, 6.45) is 4.36. The number of ether oxygens (including phenoxy) is 1. The highest BCUT2D eigenvalue weighted by Gasteiger charge is 2.57. The average Bonchev–Trinajstić information content (AvgIpc) is 2.83. The highest BCUT2D eigenvalue weighted by atomic mass is 35.5. The van der Waals surface area contributed by atoms with Crippen molar-refractivity contribution < 1.29 is 13.9 Å². The molecule has 2 saturated carbocycles. The Bertz CT molecular complexity index is 495. The monoisotopic (exact) mass is 268 g/mol. The molecular formula is C14H14ClFO2. The zero-order valence-corrected chi connectivity index (χ0v) is 10.7. The number of hydrogen-bond acceptors (Lipinski definition) is 2. The van der Waals surface area contributed by atoms with Crippen LogP contribution in [0, 0.1) is 11.2 Å². The van der Waals surface area contributed by atoms with E-state index in [0.717, 1.165) is 25.7 Å². The molecule has 1 aromatic rings. The second-order valence-electron chi connectivity index (χ2n) is 5.17. The minimum Gasteiger partial charge on any atom is -0.487 e. The second kappa shape index (κ2) is 4.23. The van der Waals surface area contributed by atoms with Gasteiger partial charge in [-0.25, -0.2) is 4.39 Å². The third kappa shape index (κ3) is 1.72. The summed E-state index contributed by atoms with van der Waals surface area (Å²) in [4.78, 5) is 11.8. The fraction of sp³-hybridized carbons (Fsp3) is 0.500. The second-order valence-corrected chi connectivity index (χ2v) is 5.58. The molecule has 0 aliphatic heterocycles. The van der Waals surface area contributed by atoms with Crippen molar-refractivity contribution in [2.45, 2.75) is 38.2 Å². The summed E-state index contributed by atoms with van der Waals surface area (Å²) >= 11 is 5.94. The summed E-state index contributed by atoms with van der Waals surface area (Å²) in [6.45, 7) is 0. The summed E-state index contributed by atoms with van der Waals surface area (Å²) in [5.41, 5.74) is -0.280. The van der Waals surface area contributed by atoms with Crippen molar-refractivity contribution in [1.82, 2.24) is 0 Å². The van der Waals surface area contributed by atoms with Crippen LogP contribution in [-0.2, 0) is 4.79 Å². The Balaban J connectivity index is 1.79. The molecular weight excluding hydrogens is 255 g/mol. The molecule has 0 bridgehead atoms. The van der Waals surface area contributed by atoms with E-state index in [1.807, 2.05) is 0 Å². The van der Waals surface area contributed by atoms with Gasteiger partial charge in [-0.05, 0) is 31.0 Å². The van der Waals surface area contributed by atoms with Gasteiger partial charge < -0.3 is 4.74 Å². The van der Waals surface area contributed by atoms with Gasteiger partial charge >= 0.3 is 0 Å². The number of rotatable bonds is 2. The summed E-state index contributed by atoms with van der Waals surface area (Å²) < 4.78 is 18.8. The van der Waals surface area contributed by atoms with Gasteiger partial charge in [0.2, 0.25) is 0 Å². The predicted octanol–water partition coefficient (Wildman–Crippen LogP) is 3.76. The van der Waals surface area contributed by atoms with Crippen molar-refractivity contribution in [3.05, 3.63) is 29.0 Å². The van der Waals surface area contributed by atoms with Gasteiger partial charge in [-0.15, -0.1) is 0 Å². The maximum absolute atomic E-state index is 12.9. The fourth-order valence-electron chi connectivity index (χ4n) is 3.10. The maximum Gasteiger partial charge on any atom is 0.146 e.